The van der Waals surface area contributed by atoms with Crippen molar-refractivity contribution >= 4 is 31.9 Å². The van der Waals surface area contributed by atoms with Crippen LogP contribution in [0.1, 0.15) is 46.0 Å². The first-order valence-corrected chi connectivity index (χ1v) is 7.17. The van der Waals surface area contributed by atoms with E-state index in [0.29, 0.717) is 3.74 Å². The van der Waals surface area contributed by atoms with E-state index in [1.165, 1.54) is 24.8 Å². The second-order valence-electron chi connectivity index (χ2n) is 3.33. The summed E-state index contributed by atoms with van der Waals surface area (Å²) in [7, 11) is 0. The molecule has 14 heavy (non-hydrogen) atoms. The van der Waals surface area contributed by atoms with E-state index in [-0.39, 0.29) is 0 Å². The Labute approximate surface area is 105 Å². The molecule has 0 rings (SSSR count). The van der Waals surface area contributed by atoms with Gasteiger partial charge in [-0.1, -0.05) is 82.4 Å². The van der Waals surface area contributed by atoms with Crippen molar-refractivity contribution in [1.82, 2.24) is 0 Å². The molecule has 0 saturated heterocycles. The fraction of sp³-hybridized carbons (Fsp3) is 0.667. The molecule has 0 aliphatic carbocycles. The number of unbranched alkanes of at least 4 members (excludes halogenated alkanes) is 2. The molecule has 2 heteroatoms. The summed E-state index contributed by atoms with van der Waals surface area (Å²) in [5.41, 5.74) is 1.42. The Morgan fingerprint density at radius 2 is 2.00 bits per heavy atom. The maximum absolute atomic E-state index is 3.51. The van der Waals surface area contributed by atoms with Crippen LogP contribution in [0.3, 0.4) is 0 Å². The first-order valence-electron chi connectivity index (χ1n) is 5.34. The molecule has 0 N–H and O–H groups in total. The van der Waals surface area contributed by atoms with Crippen molar-refractivity contribution in [3.63, 3.8) is 0 Å². The highest BCUT2D eigenvalue weighted by molar-refractivity contribution is 9.24. The topological polar surface area (TPSA) is 0 Å². The van der Waals surface area contributed by atoms with Gasteiger partial charge in [0.1, 0.15) is 0 Å². The molecule has 0 aromatic heterocycles. The van der Waals surface area contributed by atoms with Crippen LogP contribution in [0.15, 0.2) is 23.8 Å². The van der Waals surface area contributed by atoms with Gasteiger partial charge in [0, 0.05) is 0 Å². The molecule has 0 atom stereocenters. The molecule has 0 saturated carbocycles. The monoisotopic (exact) mass is 322 g/mol. The second-order valence-corrected chi connectivity index (χ2v) is 6.77. The van der Waals surface area contributed by atoms with E-state index in [1.807, 2.05) is 0 Å². The zero-order valence-corrected chi connectivity index (χ0v) is 12.3. The summed E-state index contributed by atoms with van der Waals surface area (Å²) < 4.78 is 0.392. The number of allylic oxidation sites excluding steroid dienone is 4. The summed E-state index contributed by atoms with van der Waals surface area (Å²) in [6.45, 7) is 4.40. The predicted octanol–water partition coefficient (Wildman–Crippen LogP) is 5.58. The van der Waals surface area contributed by atoms with Gasteiger partial charge in [0.2, 0.25) is 0 Å². The summed E-state index contributed by atoms with van der Waals surface area (Å²) in [5, 5.41) is 0. The lowest BCUT2D eigenvalue weighted by molar-refractivity contribution is 0.814. The summed E-state index contributed by atoms with van der Waals surface area (Å²) in [4.78, 5) is 0. The molecule has 0 unspecified atom stereocenters. The Morgan fingerprint density at radius 3 is 2.50 bits per heavy atom. The van der Waals surface area contributed by atoms with Crippen LogP contribution in [0, 0.1) is 0 Å². The van der Waals surface area contributed by atoms with Crippen LogP contribution in [0.2, 0.25) is 0 Å². The van der Waals surface area contributed by atoms with Crippen LogP contribution in [-0.2, 0) is 0 Å². The second kappa shape index (κ2) is 9.97. The molecule has 0 heterocycles. The van der Waals surface area contributed by atoms with E-state index in [2.05, 4.69) is 63.9 Å². The molecule has 0 spiro atoms. The van der Waals surface area contributed by atoms with Crippen molar-refractivity contribution in [3.8, 4) is 0 Å². The van der Waals surface area contributed by atoms with Gasteiger partial charge in [-0.15, -0.1) is 0 Å². The highest BCUT2D eigenvalue weighted by Crippen LogP contribution is 2.20. The van der Waals surface area contributed by atoms with Crippen LogP contribution >= 0.6 is 31.9 Å². The van der Waals surface area contributed by atoms with Crippen LogP contribution in [0.25, 0.3) is 0 Å². The van der Waals surface area contributed by atoms with Gasteiger partial charge >= 0.3 is 0 Å². The molecule has 0 aromatic carbocycles. The predicted molar refractivity (Wildman–Crippen MR) is 73.3 cm³/mol. The lowest BCUT2D eigenvalue weighted by Gasteiger charge is -2.02. The number of halogens is 2. The third-order valence-corrected chi connectivity index (χ3v) is 2.56. The summed E-state index contributed by atoms with van der Waals surface area (Å²) in [6, 6.07) is 0. The molecule has 0 radical (unpaired) electrons. The van der Waals surface area contributed by atoms with Gasteiger partial charge < -0.3 is 0 Å². The van der Waals surface area contributed by atoms with Gasteiger partial charge in [-0.05, 0) is 19.3 Å². The molecule has 0 aliphatic rings. The SMILES string of the molecule is CCC=C(C=CCCCC)CC(Br)Br. The van der Waals surface area contributed by atoms with E-state index in [9.17, 15) is 0 Å². The van der Waals surface area contributed by atoms with Crippen molar-refractivity contribution in [3.05, 3.63) is 23.8 Å². The minimum Gasteiger partial charge on any atom is -0.0843 e. The lowest BCUT2D eigenvalue weighted by atomic mass is 10.1. The quantitative estimate of drug-likeness (QED) is 0.326. The van der Waals surface area contributed by atoms with E-state index >= 15 is 0 Å². The van der Waals surface area contributed by atoms with Crippen molar-refractivity contribution in [2.24, 2.45) is 0 Å². The number of rotatable bonds is 7. The van der Waals surface area contributed by atoms with Crippen LogP contribution < -0.4 is 0 Å². The van der Waals surface area contributed by atoms with Crippen molar-refractivity contribution in [2.75, 3.05) is 0 Å². The fourth-order valence-electron chi connectivity index (χ4n) is 1.22. The molecule has 0 amide bonds. The van der Waals surface area contributed by atoms with Gasteiger partial charge in [-0.25, -0.2) is 0 Å². The molecule has 0 fully saturated rings. The fourth-order valence-corrected chi connectivity index (χ4v) is 1.96. The molecule has 0 nitrogen and oxygen atoms in total. The number of alkyl halides is 2. The minimum absolute atomic E-state index is 0.392. The third kappa shape index (κ3) is 9.01. The average Bonchev–Trinajstić information content (AvgIpc) is 2.12. The van der Waals surface area contributed by atoms with Gasteiger partial charge in [0.15, 0.2) is 0 Å². The van der Waals surface area contributed by atoms with Gasteiger partial charge in [-0.2, -0.15) is 0 Å². The van der Waals surface area contributed by atoms with Crippen LogP contribution in [-0.4, -0.2) is 3.74 Å². The van der Waals surface area contributed by atoms with Crippen molar-refractivity contribution in [2.45, 2.75) is 49.7 Å². The molecular formula is C12H20Br2. The van der Waals surface area contributed by atoms with Crippen LogP contribution in [0.5, 0.6) is 0 Å². The Balaban J connectivity index is 3.96. The standard InChI is InChI=1S/C12H20Br2/c1-3-5-6-7-9-11(8-4-2)10-12(13)14/h7-9,12H,3-6,10H2,1-2H3. The summed E-state index contributed by atoms with van der Waals surface area (Å²) in [5.74, 6) is 0. The van der Waals surface area contributed by atoms with Gasteiger partial charge in [-0.3, -0.25) is 0 Å². The Kier molecular flexibility index (Phi) is 10.3. The normalized spacial score (nSPS) is 13.1. The molecule has 82 valence electrons. The number of hydrogen-bond donors (Lipinski definition) is 0. The molecular weight excluding hydrogens is 304 g/mol. The largest absolute Gasteiger partial charge is 0.0843 e. The molecule has 0 bridgehead atoms. The zero-order chi connectivity index (χ0) is 10.8. The highest BCUT2D eigenvalue weighted by atomic mass is 79.9. The van der Waals surface area contributed by atoms with Crippen molar-refractivity contribution < 1.29 is 0 Å². The van der Waals surface area contributed by atoms with Crippen molar-refractivity contribution in [1.29, 1.82) is 0 Å². The zero-order valence-electron chi connectivity index (χ0n) is 9.10. The first-order chi connectivity index (χ1) is 6.70. The maximum Gasteiger partial charge on any atom is 0.0738 e. The first kappa shape index (κ1) is 14.4. The summed E-state index contributed by atoms with van der Waals surface area (Å²) >= 11 is 7.02. The Morgan fingerprint density at radius 1 is 1.29 bits per heavy atom. The lowest BCUT2D eigenvalue weighted by Crippen LogP contribution is -1.87. The van der Waals surface area contributed by atoms with Gasteiger partial charge in [0.05, 0.1) is 3.74 Å². The van der Waals surface area contributed by atoms with Crippen LogP contribution in [0.4, 0.5) is 0 Å². The smallest absolute Gasteiger partial charge is 0.0738 e. The Bertz CT molecular complexity index is 181. The van der Waals surface area contributed by atoms with Gasteiger partial charge in [0.25, 0.3) is 0 Å². The van der Waals surface area contributed by atoms with E-state index in [4.69, 9.17) is 0 Å². The van der Waals surface area contributed by atoms with E-state index in [1.54, 1.807) is 0 Å². The maximum atomic E-state index is 3.51. The Hall–Kier alpha value is 0.440. The van der Waals surface area contributed by atoms with E-state index in [0.717, 1.165) is 12.8 Å². The molecule has 0 aliphatic heterocycles. The molecule has 0 aromatic rings. The third-order valence-electron chi connectivity index (χ3n) is 1.91. The highest BCUT2D eigenvalue weighted by Gasteiger charge is 1.99. The average molecular weight is 324 g/mol. The van der Waals surface area contributed by atoms with E-state index < -0.39 is 0 Å². The minimum atomic E-state index is 0.392. The summed E-state index contributed by atoms with van der Waals surface area (Å²) in [6.07, 6.45) is 12.8. The number of hydrogen-bond acceptors (Lipinski definition) is 0.